The summed E-state index contributed by atoms with van der Waals surface area (Å²) in [7, 11) is 1.66. The second kappa shape index (κ2) is 4.93. The molecule has 0 aliphatic rings. The minimum absolute atomic E-state index is 0.000463. The van der Waals surface area contributed by atoms with Gasteiger partial charge in [-0.1, -0.05) is 12.2 Å². The van der Waals surface area contributed by atoms with Crippen molar-refractivity contribution in [2.24, 2.45) is 12.8 Å². The number of rotatable bonds is 3. The Morgan fingerprint density at radius 3 is 2.74 bits per heavy atom. The van der Waals surface area contributed by atoms with E-state index >= 15 is 0 Å². The molecule has 100 valence electrons. The van der Waals surface area contributed by atoms with Crippen LogP contribution >= 0.6 is 12.2 Å². The number of benzene rings is 1. The Hall–Kier alpha value is -2.02. The van der Waals surface area contributed by atoms with E-state index in [0.717, 1.165) is 18.2 Å². The molecule has 1 aromatic carbocycles. The number of aromatic nitrogens is 2. The van der Waals surface area contributed by atoms with Gasteiger partial charge in [0, 0.05) is 13.1 Å². The molecule has 0 fully saturated rings. The fourth-order valence-electron chi connectivity index (χ4n) is 1.82. The molecule has 0 aliphatic carbocycles. The summed E-state index contributed by atoms with van der Waals surface area (Å²) in [5.41, 5.74) is 6.76. The fraction of sp³-hybridized carbons (Fsp3) is 0.167. The lowest BCUT2D eigenvalue weighted by Gasteiger charge is -2.10. The van der Waals surface area contributed by atoms with E-state index < -0.39 is 11.6 Å². The summed E-state index contributed by atoms with van der Waals surface area (Å²) in [6.45, 7) is 1.74. The highest BCUT2D eigenvalue weighted by Crippen LogP contribution is 2.25. The Morgan fingerprint density at radius 2 is 2.11 bits per heavy atom. The number of hydrogen-bond donors (Lipinski definition) is 2. The molecule has 2 rings (SSSR count). The molecule has 0 unspecified atom stereocenters. The summed E-state index contributed by atoms with van der Waals surface area (Å²) < 4.78 is 28.2. The molecule has 0 saturated heterocycles. The minimum Gasteiger partial charge on any atom is -0.389 e. The highest BCUT2D eigenvalue weighted by Gasteiger charge is 2.17. The van der Waals surface area contributed by atoms with E-state index in [1.54, 1.807) is 14.0 Å². The summed E-state index contributed by atoms with van der Waals surface area (Å²) in [4.78, 5) is 0.143. The Labute approximate surface area is 114 Å². The average molecular weight is 282 g/mol. The van der Waals surface area contributed by atoms with Crippen LogP contribution in [0.15, 0.2) is 18.2 Å². The van der Waals surface area contributed by atoms with Crippen LogP contribution in [0.25, 0.3) is 0 Å². The molecule has 2 aromatic rings. The molecule has 0 radical (unpaired) electrons. The van der Waals surface area contributed by atoms with E-state index in [2.05, 4.69) is 10.4 Å². The third kappa shape index (κ3) is 2.55. The molecule has 0 spiro atoms. The van der Waals surface area contributed by atoms with Crippen molar-refractivity contribution in [2.75, 3.05) is 5.32 Å². The van der Waals surface area contributed by atoms with Crippen molar-refractivity contribution in [2.45, 2.75) is 6.92 Å². The molecule has 19 heavy (non-hydrogen) atoms. The molecule has 3 N–H and O–H groups in total. The van der Waals surface area contributed by atoms with Crippen molar-refractivity contribution in [3.05, 3.63) is 41.1 Å². The maximum Gasteiger partial charge on any atom is 0.146 e. The van der Waals surface area contributed by atoms with E-state index in [-0.39, 0.29) is 10.7 Å². The van der Waals surface area contributed by atoms with Crippen LogP contribution < -0.4 is 11.1 Å². The molecule has 0 saturated carbocycles. The first kappa shape index (κ1) is 13.4. The smallest absolute Gasteiger partial charge is 0.146 e. The van der Waals surface area contributed by atoms with Gasteiger partial charge < -0.3 is 11.1 Å². The number of nitrogens with two attached hydrogens (primary N) is 1. The molecule has 1 aromatic heterocycles. The van der Waals surface area contributed by atoms with Crippen molar-refractivity contribution in [1.29, 1.82) is 0 Å². The van der Waals surface area contributed by atoms with Gasteiger partial charge in [0.2, 0.25) is 0 Å². The van der Waals surface area contributed by atoms with Gasteiger partial charge in [-0.3, -0.25) is 4.68 Å². The Bertz CT molecular complexity index is 651. The zero-order valence-corrected chi connectivity index (χ0v) is 11.2. The highest BCUT2D eigenvalue weighted by atomic mass is 32.1. The van der Waals surface area contributed by atoms with E-state index in [4.69, 9.17) is 18.0 Å². The van der Waals surface area contributed by atoms with Gasteiger partial charge in [-0.2, -0.15) is 5.10 Å². The van der Waals surface area contributed by atoms with Crippen LogP contribution in [0.1, 0.15) is 11.3 Å². The van der Waals surface area contributed by atoms with Crippen molar-refractivity contribution < 1.29 is 8.78 Å². The molecule has 4 nitrogen and oxygen atoms in total. The highest BCUT2D eigenvalue weighted by molar-refractivity contribution is 7.80. The minimum atomic E-state index is -0.575. The molecule has 0 atom stereocenters. The standard InChI is InChI=1S/C12H12F2N4S/c1-6-10(11(15)19)12(18(2)17-6)16-9-5-7(13)3-4-8(9)14/h3-5,16H,1-2H3,(H2,15,19). The van der Waals surface area contributed by atoms with Gasteiger partial charge in [-0.15, -0.1) is 0 Å². The number of nitrogens with one attached hydrogen (secondary N) is 1. The Morgan fingerprint density at radius 1 is 1.42 bits per heavy atom. The number of aryl methyl sites for hydroxylation is 2. The zero-order valence-electron chi connectivity index (χ0n) is 10.4. The topological polar surface area (TPSA) is 55.9 Å². The lowest BCUT2D eigenvalue weighted by molar-refractivity contribution is 0.603. The molecule has 0 bridgehead atoms. The van der Waals surface area contributed by atoms with Crippen molar-refractivity contribution in [1.82, 2.24) is 9.78 Å². The molecular weight excluding hydrogens is 270 g/mol. The van der Waals surface area contributed by atoms with Crippen LogP contribution in [-0.4, -0.2) is 14.8 Å². The van der Waals surface area contributed by atoms with Gasteiger partial charge in [0.15, 0.2) is 0 Å². The first-order valence-electron chi connectivity index (χ1n) is 5.45. The van der Waals surface area contributed by atoms with Gasteiger partial charge in [0.25, 0.3) is 0 Å². The SMILES string of the molecule is Cc1nn(C)c(Nc2cc(F)ccc2F)c1C(N)=S. The third-order valence-corrected chi connectivity index (χ3v) is 2.85. The predicted molar refractivity (Wildman–Crippen MR) is 73.5 cm³/mol. The lowest BCUT2D eigenvalue weighted by atomic mass is 10.2. The van der Waals surface area contributed by atoms with Crippen LogP contribution in [0.3, 0.4) is 0 Å². The molecule has 1 heterocycles. The summed E-state index contributed by atoms with van der Waals surface area (Å²) >= 11 is 4.94. The van der Waals surface area contributed by atoms with Crippen LogP contribution in [0.4, 0.5) is 20.3 Å². The maximum atomic E-state index is 13.6. The van der Waals surface area contributed by atoms with Gasteiger partial charge in [-0.05, 0) is 19.1 Å². The van der Waals surface area contributed by atoms with E-state index in [1.165, 1.54) is 4.68 Å². The van der Waals surface area contributed by atoms with Crippen molar-refractivity contribution in [3.8, 4) is 0 Å². The van der Waals surface area contributed by atoms with Gasteiger partial charge in [0.1, 0.15) is 22.4 Å². The van der Waals surface area contributed by atoms with Crippen LogP contribution in [-0.2, 0) is 7.05 Å². The summed E-state index contributed by atoms with van der Waals surface area (Å²) in [5, 5.41) is 6.92. The number of nitrogens with zero attached hydrogens (tertiary/aromatic N) is 2. The van der Waals surface area contributed by atoms with Gasteiger partial charge in [-0.25, -0.2) is 8.78 Å². The zero-order chi connectivity index (χ0) is 14.2. The molecule has 7 heteroatoms. The van der Waals surface area contributed by atoms with Crippen molar-refractivity contribution in [3.63, 3.8) is 0 Å². The third-order valence-electron chi connectivity index (χ3n) is 2.65. The lowest BCUT2D eigenvalue weighted by Crippen LogP contribution is -2.13. The first-order valence-corrected chi connectivity index (χ1v) is 5.86. The summed E-state index contributed by atoms with van der Waals surface area (Å²) in [6.07, 6.45) is 0. The quantitative estimate of drug-likeness (QED) is 0.849. The monoisotopic (exact) mass is 282 g/mol. The maximum absolute atomic E-state index is 13.6. The van der Waals surface area contributed by atoms with E-state index in [0.29, 0.717) is 17.1 Å². The number of hydrogen-bond acceptors (Lipinski definition) is 3. The van der Waals surface area contributed by atoms with Crippen molar-refractivity contribution >= 4 is 28.7 Å². The molecular formula is C12H12F2N4S. The average Bonchev–Trinajstić information content (AvgIpc) is 2.59. The van der Waals surface area contributed by atoms with Crippen LogP contribution in [0, 0.1) is 18.6 Å². The largest absolute Gasteiger partial charge is 0.389 e. The number of halogens is 2. The molecule has 0 aliphatic heterocycles. The van der Waals surface area contributed by atoms with E-state index in [1.807, 2.05) is 0 Å². The van der Waals surface area contributed by atoms with Gasteiger partial charge in [0.05, 0.1) is 16.9 Å². The number of anilines is 2. The first-order chi connectivity index (χ1) is 8.90. The fourth-order valence-corrected chi connectivity index (χ4v) is 2.06. The van der Waals surface area contributed by atoms with Crippen LogP contribution in [0.2, 0.25) is 0 Å². The second-order valence-corrected chi connectivity index (χ2v) is 4.49. The Kier molecular flexibility index (Phi) is 3.48. The van der Waals surface area contributed by atoms with E-state index in [9.17, 15) is 8.78 Å². The summed E-state index contributed by atoms with van der Waals surface area (Å²) in [6, 6.07) is 3.14. The normalized spacial score (nSPS) is 10.5. The van der Waals surface area contributed by atoms with Crippen LogP contribution in [0.5, 0.6) is 0 Å². The molecule has 0 amide bonds. The second-order valence-electron chi connectivity index (χ2n) is 4.05. The predicted octanol–water partition coefficient (Wildman–Crippen LogP) is 2.38. The van der Waals surface area contributed by atoms with Gasteiger partial charge >= 0.3 is 0 Å². The Balaban J connectivity index is 2.49. The number of thiocarbonyl (C=S) groups is 1. The summed E-state index contributed by atoms with van der Waals surface area (Å²) in [5.74, 6) is -0.691.